The van der Waals surface area contributed by atoms with Crippen molar-refractivity contribution in [2.24, 2.45) is 0 Å². The maximum Gasteiger partial charge on any atom is 0.319 e. The first-order chi connectivity index (χ1) is 12.4. The summed E-state index contributed by atoms with van der Waals surface area (Å²) in [6.07, 6.45) is 6.49. The standard InChI is InChI=1S/C18H22FN3O4/c1-3-7-26-16-8-12(19)5-6-15(16)21-18(25)20-13-9-14(10-13)22(4-2)11-17(23)24/h1,5-6,8,13-14H,4,7,9-11H2,2H3,(H,23,24)(H2,20,21,25). The van der Waals surface area contributed by atoms with Gasteiger partial charge in [0.05, 0.1) is 12.2 Å². The highest BCUT2D eigenvalue weighted by Crippen LogP contribution is 2.27. The molecule has 0 aromatic heterocycles. The van der Waals surface area contributed by atoms with E-state index in [0.717, 1.165) is 6.07 Å². The third-order valence-corrected chi connectivity index (χ3v) is 4.21. The van der Waals surface area contributed by atoms with Crippen LogP contribution in [0.15, 0.2) is 18.2 Å². The number of urea groups is 1. The van der Waals surface area contributed by atoms with E-state index in [1.165, 1.54) is 12.1 Å². The van der Waals surface area contributed by atoms with Crippen molar-refractivity contribution in [1.29, 1.82) is 0 Å². The number of anilines is 1. The molecular formula is C18H22FN3O4. The molecule has 0 heterocycles. The fourth-order valence-electron chi connectivity index (χ4n) is 2.86. The normalized spacial score (nSPS) is 18.5. The fourth-order valence-corrected chi connectivity index (χ4v) is 2.86. The van der Waals surface area contributed by atoms with Gasteiger partial charge in [0.1, 0.15) is 18.2 Å². The van der Waals surface area contributed by atoms with Crippen LogP contribution in [0.2, 0.25) is 0 Å². The van der Waals surface area contributed by atoms with Crippen LogP contribution in [0.25, 0.3) is 0 Å². The number of likely N-dealkylation sites (N-methyl/N-ethyl adjacent to an activating group) is 1. The zero-order chi connectivity index (χ0) is 19.1. The van der Waals surface area contributed by atoms with Crippen molar-refractivity contribution in [1.82, 2.24) is 10.2 Å². The van der Waals surface area contributed by atoms with E-state index in [2.05, 4.69) is 16.6 Å². The Hall–Kier alpha value is -2.79. The van der Waals surface area contributed by atoms with Crippen LogP contribution in [0.4, 0.5) is 14.9 Å². The molecule has 1 fully saturated rings. The molecule has 1 aromatic carbocycles. The Bertz CT molecular complexity index is 698. The summed E-state index contributed by atoms with van der Waals surface area (Å²) >= 11 is 0. The number of amides is 2. The molecule has 3 N–H and O–H groups in total. The summed E-state index contributed by atoms with van der Waals surface area (Å²) in [6, 6.07) is 3.42. The molecule has 1 saturated carbocycles. The first-order valence-corrected chi connectivity index (χ1v) is 8.32. The van der Waals surface area contributed by atoms with Crippen molar-refractivity contribution in [2.45, 2.75) is 31.8 Å². The van der Waals surface area contributed by atoms with E-state index >= 15 is 0 Å². The fraction of sp³-hybridized carbons (Fsp3) is 0.444. The van der Waals surface area contributed by atoms with Gasteiger partial charge < -0.3 is 20.5 Å². The molecule has 26 heavy (non-hydrogen) atoms. The lowest BCUT2D eigenvalue weighted by Crippen LogP contribution is -2.55. The predicted octanol–water partition coefficient (Wildman–Crippen LogP) is 1.90. The quantitative estimate of drug-likeness (QED) is 0.614. The Balaban J connectivity index is 1.85. The van der Waals surface area contributed by atoms with Gasteiger partial charge in [-0.15, -0.1) is 6.42 Å². The number of halogens is 1. The van der Waals surface area contributed by atoms with E-state index < -0.39 is 17.8 Å². The van der Waals surface area contributed by atoms with Crippen LogP contribution >= 0.6 is 0 Å². The Morgan fingerprint density at radius 2 is 2.19 bits per heavy atom. The highest BCUT2D eigenvalue weighted by Gasteiger charge is 2.34. The molecule has 7 nitrogen and oxygen atoms in total. The molecule has 0 saturated heterocycles. The lowest BCUT2D eigenvalue weighted by Gasteiger charge is -2.42. The minimum atomic E-state index is -0.864. The number of carbonyl (C=O) groups is 2. The SMILES string of the molecule is C#CCOc1cc(F)ccc1NC(=O)NC1CC(N(CC)CC(=O)O)C1. The number of carboxylic acids is 1. The number of hydrogen-bond acceptors (Lipinski definition) is 4. The Morgan fingerprint density at radius 3 is 2.81 bits per heavy atom. The number of hydrogen-bond donors (Lipinski definition) is 3. The van der Waals surface area contributed by atoms with Gasteiger partial charge in [0.25, 0.3) is 0 Å². The number of carboxylic acid groups (broad SMARTS) is 1. The molecule has 0 bridgehead atoms. The molecule has 0 radical (unpaired) electrons. The van der Waals surface area contributed by atoms with E-state index in [9.17, 15) is 14.0 Å². The number of aliphatic carboxylic acids is 1. The molecule has 0 unspecified atom stereocenters. The van der Waals surface area contributed by atoms with Crippen LogP contribution in [-0.4, -0.2) is 53.8 Å². The van der Waals surface area contributed by atoms with Gasteiger partial charge in [-0.05, 0) is 31.5 Å². The third kappa shape index (κ3) is 5.36. The average Bonchev–Trinajstić information content (AvgIpc) is 2.56. The van der Waals surface area contributed by atoms with Crippen LogP contribution in [0.3, 0.4) is 0 Å². The third-order valence-electron chi connectivity index (χ3n) is 4.21. The van der Waals surface area contributed by atoms with Crippen LogP contribution < -0.4 is 15.4 Å². The summed E-state index contributed by atoms with van der Waals surface area (Å²) < 4.78 is 18.6. The molecule has 1 aromatic rings. The summed E-state index contributed by atoms with van der Waals surface area (Å²) in [5.41, 5.74) is 0.316. The molecule has 2 rings (SSSR count). The maximum atomic E-state index is 13.3. The van der Waals surface area contributed by atoms with Gasteiger partial charge in [0.15, 0.2) is 0 Å². The molecule has 1 aliphatic carbocycles. The monoisotopic (exact) mass is 363 g/mol. The van der Waals surface area contributed by atoms with Crippen molar-refractivity contribution in [3.8, 4) is 18.1 Å². The number of benzene rings is 1. The van der Waals surface area contributed by atoms with Crippen LogP contribution in [0, 0.1) is 18.2 Å². The topological polar surface area (TPSA) is 90.9 Å². The predicted molar refractivity (Wildman–Crippen MR) is 94.6 cm³/mol. The van der Waals surface area contributed by atoms with Crippen LogP contribution in [0.5, 0.6) is 5.75 Å². The summed E-state index contributed by atoms with van der Waals surface area (Å²) in [5, 5.41) is 14.3. The largest absolute Gasteiger partial charge is 0.480 e. The highest BCUT2D eigenvalue weighted by atomic mass is 19.1. The maximum absolute atomic E-state index is 13.3. The number of carbonyl (C=O) groups excluding carboxylic acids is 1. The Labute approximate surface area is 151 Å². The smallest absolute Gasteiger partial charge is 0.319 e. The lowest BCUT2D eigenvalue weighted by atomic mass is 9.85. The minimum Gasteiger partial charge on any atom is -0.480 e. The average molecular weight is 363 g/mol. The molecule has 2 amide bonds. The van der Waals surface area contributed by atoms with Crippen molar-refractivity contribution in [3.63, 3.8) is 0 Å². The second-order valence-electron chi connectivity index (χ2n) is 6.01. The van der Waals surface area contributed by atoms with E-state index in [1.54, 1.807) is 0 Å². The van der Waals surface area contributed by atoms with Crippen molar-refractivity contribution >= 4 is 17.7 Å². The van der Waals surface area contributed by atoms with Gasteiger partial charge in [-0.2, -0.15) is 0 Å². The number of terminal acetylenes is 1. The van der Waals surface area contributed by atoms with Gasteiger partial charge >= 0.3 is 12.0 Å². The highest BCUT2D eigenvalue weighted by molar-refractivity contribution is 5.91. The molecule has 8 heteroatoms. The van der Waals surface area contributed by atoms with Gasteiger partial charge in [-0.3, -0.25) is 9.69 Å². The number of nitrogens with zero attached hydrogens (tertiary/aromatic N) is 1. The molecule has 0 atom stereocenters. The summed E-state index contributed by atoms with van der Waals surface area (Å²) in [7, 11) is 0. The summed E-state index contributed by atoms with van der Waals surface area (Å²) in [5.74, 6) is 1.08. The molecule has 0 aliphatic heterocycles. The van der Waals surface area contributed by atoms with Crippen molar-refractivity contribution < 1.29 is 23.8 Å². The van der Waals surface area contributed by atoms with E-state index in [4.69, 9.17) is 16.3 Å². The Morgan fingerprint density at radius 1 is 1.46 bits per heavy atom. The van der Waals surface area contributed by atoms with E-state index in [0.29, 0.717) is 25.1 Å². The first-order valence-electron chi connectivity index (χ1n) is 8.32. The summed E-state index contributed by atoms with van der Waals surface area (Å²) in [4.78, 5) is 24.8. The molecule has 1 aliphatic rings. The lowest BCUT2D eigenvalue weighted by molar-refractivity contribution is -0.139. The second kappa shape index (κ2) is 9.06. The molecular weight excluding hydrogens is 341 g/mol. The zero-order valence-corrected chi connectivity index (χ0v) is 14.5. The van der Waals surface area contributed by atoms with E-state index in [-0.39, 0.29) is 31.0 Å². The van der Waals surface area contributed by atoms with Gasteiger partial charge in [0, 0.05) is 18.2 Å². The Kier molecular flexibility index (Phi) is 6.81. The minimum absolute atomic E-state index is 0.00839. The van der Waals surface area contributed by atoms with Gasteiger partial charge in [-0.25, -0.2) is 9.18 Å². The van der Waals surface area contributed by atoms with Crippen LogP contribution in [0.1, 0.15) is 19.8 Å². The van der Waals surface area contributed by atoms with Crippen molar-refractivity contribution in [2.75, 3.05) is 25.0 Å². The number of ether oxygens (including phenoxy) is 1. The van der Waals surface area contributed by atoms with Crippen LogP contribution in [-0.2, 0) is 4.79 Å². The summed E-state index contributed by atoms with van der Waals surface area (Å²) in [6.45, 7) is 2.50. The molecule has 0 spiro atoms. The first kappa shape index (κ1) is 19.5. The number of nitrogens with one attached hydrogen (secondary N) is 2. The molecule has 140 valence electrons. The number of rotatable bonds is 8. The van der Waals surface area contributed by atoms with Gasteiger partial charge in [-0.1, -0.05) is 12.8 Å². The van der Waals surface area contributed by atoms with E-state index in [1.807, 2.05) is 11.8 Å². The zero-order valence-electron chi connectivity index (χ0n) is 14.5. The second-order valence-corrected chi connectivity index (χ2v) is 6.01. The van der Waals surface area contributed by atoms with Crippen molar-refractivity contribution in [3.05, 3.63) is 24.0 Å². The van der Waals surface area contributed by atoms with Gasteiger partial charge in [0.2, 0.25) is 0 Å².